The van der Waals surface area contributed by atoms with Crippen molar-refractivity contribution < 1.29 is 4.79 Å². The van der Waals surface area contributed by atoms with Crippen molar-refractivity contribution >= 4 is 6.29 Å². The van der Waals surface area contributed by atoms with Gasteiger partial charge in [-0.2, -0.15) is 0 Å². The zero-order valence-corrected chi connectivity index (χ0v) is 10.3. The number of aldehydes is 1. The van der Waals surface area contributed by atoms with Crippen LogP contribution in [0.1, 0.15) is 5.56 Å². The van der Waals surface area contributed by atoms with Crippen LogP contribution in [0.3, 0.4) is 0 Å². The summed E-state index contributed by atoms with van der Waals surface area (Å²) < 4.78 is 0. The van der Waals surface area contributed by atoms with Crippen LogP contribution in [0.2, 0.25) is 0 Å². The van der Waals surface area contributed by atoms with Crippen molar-refractivity contribution in [2.45, 2.75) is 12.6 Å². The van der Waals surface area contributed by atoms with Crippen molar-refractivity contribution in [2.24, 2.45) is 0 Å². The van der Waals surface area contributed by atoms with Crippen molar-refractivity contribution in [2.75, 3.05) is 27.7 Å². The van der Waals surface area contributed by atoms with Gasteiger partial charge in [0.2, 0.25) is 0 Å². The van der Waals surface area contributed by atoms with Gasteiger partial charge in [-0.05, 0) is 26.7 Å². The van der Waals surface area contributed by atoms with Gasteiger partial charge < -0.3 is 9.69 Å². The molecule has 0 bridgehead atoms. The SMILES string of the molecule is CN(C)C[C@@H](C=O)N(C)Cc1ccccc1. The molecule has 0 aliphatic heterocycles. The molecular formula is C13H20N2O. The minimum Gasteiger partial charge on any atom is -0.307 e. The topological polar surface area (TPSA) is 23.6 Å². The van der Waals surface area contributed by atoms with E-state index in [9.17, 15) is 4.79 Å². The summed E-state index contributed by atoms with van der Waals surface area (Å²) in [5.74, 6) is 0. The van der Waals surface area contributed by atoms with E-state index in [0.717, 1.165) is 19.4 Å². The molecule has 16 heavy (non-hydrogen) atoms. The zero-order chi connectivity index (χ0) is 12.0. The summed E-state index contributed by atoms with van der Waals surface area (Å²) in [6.07, 6.45) is 1.02. The predicted molar refractivity (Wildman–Crippen MR) is 66.3 cm³/mol. The van der Waals surface area contributed by atoms with Gasteiger partial charge in [-0.15, -0.1) is 0 Å². The number of likely N-dealkylation sites (N-methyl/N-ethyl adjacent to an activating group) is 2. The van der Waals surface area contributed by atoms with Gasteiger partial charge in [0.15, 0.2) is 0 Å². The van der Waals surface area contributed by atoms with Crippen molar-refractivity contribution in [3.05, 3.63) is 35.9 Å². The van der Waals surface area contributed by atoms with Crippen molar-refractivity contribution in [1.29, 1.82) is 0 Å². The van der Waals surface area contributed by atoms with Crippen molar-refractivity contribution in [3.8, 4) is 0 Å². The van der Waals surface area contributed by atoms with Gasteiger partial charge in [0.05, 0.1) is 6.04 Å². The van der Waals surface area contributed by atoms with Crippen molar-refractivity contribution in [3.63, 3.8) is 0 Å². The molecular weight excluding hydrogens is 200 g/mol. The Morgan fingerprint density at radius 1 is 1.19 bits per heavy atom. The van der Waals surface area contributed by atoms with E-state index in [1.807, 2.05) is 44.2 Å². The lowest BCUT2D eigenvalue weighted by atomic mass is 10.2. The van der Waals surface area contributed by atoms with Gasteiger partial charge in [-0.3, -0.25) is 4.90 Å². The van der Waals surface area contributed by atoms with E-state index in [4.69, 9.17) is 0 Å². The smallest absolute Gasteiger partial charge is 0.138 e. The zero-order valence-electron chi connectivity index (χ0n) is 10.3. The second kappa shape index (κ2) is 6.40. The molecule has 1 rings (SSSR count). The molecule has 0 heterocycles. The molecule has 88 valence electrons. The Bertz CT molecular complexity index is 311. The fourth-order valence-electron chi connectivity index (χ4n) is 1.65. The molecule has 3 nitrogen and oxygen atoms in total. The van der Waals surface area contributed by atoms with Gasteiger partial charge in [-0.25, -0.2) is 0 Å². The Balaban J connectivity index is 2.56. The predicted octanol–water partition coefficient (Wildman–Crippen LogP) is 1.25. The Morgan fingerprint density at radius 2 is 1.81 bits per heavy atom. The maximum absolute atomic E-state index is 11.0. The molecule has 0 radical (unpaired) electrons. The third kappa shape index (κ3) is 4.13. The van der Waals surface area contributed by atoms with Crippen LogP contribution in [0.5, 0.6) is 0 Å². The number of hydrogen-bond acceptors (Lipinski definition) is 3. The standard InChI is InChI=1S/C13H20N2O/c1-14(2)10-13(11-16)15(3)9-12-7-5-4-6-8-12/h4-8,11,13H,9-10H2,1-3H3/t13-/m0/s1. The van der Waals surface area contributed by atoms with Crippen LogP contribution >= 0.6 is 0 Å². The average Bonchev–Trinajstić information content (AvgIpc) is 2.26. The normalized spacial score (nSPS) is 13.1. The second-order valence-electron chi connectivity index (χ2n) is 4.37. The van der Waals surface area contributed by atoms with Crippen LogP contribution in [0.25, 0.3) is 0 Å². The molecule has 0 saturated carbocycles. The van der Waals surface area contributed by atoms with E-state index in [2.05, 4.69) is 17.0 Å². The first-order valence-electron chi connectivity index (χ1n) is 5.47. The molecule has 0 aliphatic carbocycles. The lowest BCUT2D eigenvalue weighted by molar-refractivity contribution is -0.112. The number of carbonyl (C=O) groups excluding carboxylic acids is 1. The first-order valence-corrected chi connectivity index (χ1v) is 5.47. The van der Waals surface area contributed by atoms with E-state index in [1.165, 1.54) is 5.56 Å². The van der Waals surface area contributed by atoms with Crippen LogP contribution in [0.4, 0.5) is 0 Å². The van der Waals surface area contributed by atoms with E-state index in [1.54, 1.807) is 0 Å². The summed E-state index contributed by atoms with van der Waals surface area (Å²) in [6.45, 7) is 1.56. The highest BCUT2D eigenvalue weighted by Gasteiger charge is 2.14. The third-order valence-electron chi connectivity index (χ3n) is 2.55. The molecule has 0 aliphatic rings. The largest absolute Gasteiger partial charge is 0.307 e. The summed E-state index contributed by atoms with van der Waals surface area (Å²) in [6, 6.07) is 10.1. The molecule has 3 heteroatoms. The fourth-order valence-corrected chi connectivity index (χ4v) is 1.65. The van der Waals surface area contributed by atoms with Gasteiger partial charge in [0, 0.05) is 13.1 Å². The minimum atomic E-state index is -0.0461. The van der Waals surface area contributed by atoms with Crippen LogP contribution in [0.15, 0.2) is 30.3 Å². The molecule has 1 atom stereocenters. The van der Waals surface area contributed by atoms with Crippen LogP contribution < -0.4 is 0 Å². The Morgan fingerprint density at radius 3 is 2.31 bits per heavy atom. The Labute approximate surface area is 97.7 Å². The molecule has 0 aromatic heterocycles. The first kappa shape index (κ1) is 12.9. The molecule has 1 aromatic rings. The molecule has 0 saturated heterocycles. The number of hydrogen-bond donors (Lipinski definition) is 0. The first-order chi connectivity index (χ1) is 7.63. The van der Waals surface area contributed by atoms with Gasteiger partial charge in [-0.1, -0.05) is 30.3 Å². The number of rotatable bonds is 6. The molecule has 0 spiro atoms. The lowest BCUT2D eigenvalue weighted by Crippen LogP contribution is -2.40. The highest BCUT2D eigenvalue weighted by molar-refractivity contribution is 5.57. The summed E-state index contributed by atoms with van der Waals surface area (Å²) in [4.78, 5) is 15.1. The second-order valence-corrected chi connectivity index (χ2v) is 4.37. The molecule has 0 unspecified atom stereocenters. The number of carbonyl (C=O) groups is 1. The summed E-state index contributed by atoms with van der Waals surface area (Å²) >= 11 is 0. The van der Waals surface area contributed by atoms with Gasteiger partial charge in [0.1, 0.15) is 6.29 Å². The highest BCUT2D eigenvalue weighted by Crippen LogP contribution is 2.05. The van der Waals surface area contributed by atoms with E-state index >= 15 is 0 Å². The van der Waals surface area contributed by atoms with Gasteiger partial charge >= 0.3 is 0 Å². The summed E-state index contributed by atoms with van der Waals surface area (Å²) in [5, 5.41) is 0. The monoisotopic (exact) mass is 220 g/mol. The van der Waals surface area contributed by atoms with Crippen LogP contribution in [-0.4, -0.2) is 49.8 Å². The fraction of sp³-hybridized carbons (Fsp3) is 0.462. The number of nitrogens with zero attached hydrogens (tertiary/aromatic N) is 2. The highest BCUT2D eigenvalue weighted by atomic mass is 16.1. The molecule has 1 aromatic carbocycles. The maximum Gasteiger partial charge on any atom is 0.138 e. The van der Waals surface area contributed by atoms with Crippen molar-refractivity contribution in [1.82, 2.24) is 9.80 Å². The van der Waals surface area contributed by atoms with E-state index in [-0.39, 0.29) is 6.04 Å². The van der Waals surface area contributed by atoms with Gasteiger partial charge in [0.25, 0.3) is 0 Å². The average molecular weight is 220 g/mol. The lowest BCUT2D eigenvalue weighted by Gasteiger charge is -2.26. The minimum absolute atomic E-state index is 0.0461. The van der Waals surface area contributed by atoms with E-state index in [0.29, 0.717) is 0 Å². The number of benzene rings is 1. The molecule has 0 N–H and O–H groups in total. The quantitative estimate of drug-likeness (QED) is 0.674. The Hall–Kier alpha value is -1.19. The molecule has 0 fully saturated rings. The Kier molecular flexibility index (Phi) is 5.15. The maximum atomic E-state index is 11.0. The van der Waals surface area contributed by atoms with E-state index < -0.39 is 0 Å². The summed E-state index contributed by atoms with van der Waals surface area (Å²) in [7, 11) is 5.94. The molecule has 0 amide bonds. The summed E-state index contributed by atoms with van der Waals surface area (Å²) in [5.41, 5.74) is 1.23. The third-order valence-corrected chi connectivity index (χ3v) is 2.55. The van der Waals surface area contributed by atoms with Crippen LogP contribution in [-0.2, 0) is 11.3 Å². The van der Waals surface area contributed by atoms with Crippen LogP contribution in [0, 0.1) is 0 Å².